The van der Waals surface area contributed by atoms with Crippen LogP contribution in [0.4, 0.5) is 0 Å². The van der Waals surface area contributed by atoms with E-state index in [9.17, 15) is 4.79 Å². The number of nitrogens with one attached hydrogen (secondary N) is 1. The van der Waals surface area contributed by atoms with Crippen LogP contribution < -0.4 is 5.32 Å². The Kier molecular flexibility index (Phi) is 4.39. The first-order chi connectivity index (χ1) is 10.8. The smallest absolute Gasteiger partial charge is 0.230 e. The Hall–Kier alpha value is -2.34. The number of hydrogen-bond donors (Lipinski definition) is 1. The number of para-hydroxylation sites is 2. The summed E-state index contributed by atoms with van der Waals surface area (Å²) in [5.41, 5.74) is 2.94. The minimum atomic E-state index is 0.0391. The van der Waals surface area contributed by atoms with E-state index in [4.69, 9.17) is 0 Å². The second kappa shape index (κ2) is 6.62. The van der Waals surface area contributed by atoms with Crippen LogP contribution in [0.5, 0.6) is 0 Å². The third-order valence-electron chi connectivity index (χ3n) is 3.27. The summed E-state index contributed by atoms with van der Waals surface area (Å²) in [5, 5.41) is 2.86. The van der Waals surface area contributed by atoms with Crippen molar-refractivity contribution in [3.05, 3.63) is 54.5 Å². The Balaban J connectivity index is 1.75. The first-order valence-electron chi connectivity index (χ1n) is 6.91. The Labute approximate surface area is 132 Å². The van der Waals surface area contributed by atoms with E-state index < -0.39 is 0 Å². The zero-order chi connectivity index (χ0) is 15.4. The molecule has 6 heteroatoms. The molecule has 0 aliphatic rings. The van der Waals surface area contributed by atoms with Gasteiger partial charge in [-0.1, -0.05) is 18.2 Å². The van der Waals surface area contributed by atoms with Crippen LogP contribution in [0.3, 0.4) is 0 Å². The predicted octanol–water partition coefficient (Wildman–Crippen LogP) is 2.40. The van der Waals surface area contributed by atoms with E-state index in [1.807, 2.05) is 47.2 Å². The number of pyridine rings is 1. The summed E-state index contributed by atoms with van der Waals surface area (Å²) < 4.78 is 1.95. The molecule has 1 aromatic carbocycles. The second-order valence-corrected chi connectivity index (χ2v) is 5.70. The van der Waals surface area contributed by atoms with E-state index in [2.05, 4.69) is 15.3 Å². The van der Waals surface area contributed by atoms with Gasteiger partial charge >= 0.3 is 0 Å². The molecule has 2 aromatic heterocycles. The molecule has 3 aromatic rings. The molecule has 1 N–H and O–H groups in total. The van der Waals surface area contributed by atoms with Gasteiger partial charge in [-0.2, -0.15) is 11.8 Å². The molecule has 0 aliphatic carbocycles. The first-order valence-corrected chi connectivity index (χ1v) is 8.30. The van der Waals surface area contributed by atoms with Crippen molar-refractivity contribution in [1.82, 2.24) is 19.9 Å². The van der Waals surface area contributed by atoms with Gasteiger partial charge in [-0.25, -0.2) is 9.97 Å². The van der Waals surface area contributed by atoms with Gasteiger partial charge in [0.25, 0.3) is 0 Å². The van der Waals surface area contributed by atoms with E-state index in [1.165, 1.54) is 11.8 Å². The lowest BCUT2D eigenvalue weighted by atomic mass is 10.2. The zero-order valence-corrected chi connectivity index (χ0v) is 13.0. The summed E-state index contributed by atoms with van der Waals surface area (Å²) in [6, 6.07) is 11.8. The quantitative estimate of drug-likeness (QED) is 0.786. The molecule has 0 fully saturated rings. The van der Waals surface area contributed by atoms with Gasteiger partial charge in [0.1, 0.15) is 12.1 Å². The van der Waals surface area contributed by atoms with Gasteiger partial charge in [-0.15, -0.1) is 0 Å². The van der Waals surface area contributed by atoms with Crippen LogP contribution in [0.1, 0.15) is 5.56 Å². The number of aromatic nitrogens is 3. The maximum atomic E-state index is 11.5. The lowest BCUT2D eigenvalue weighted by Gasteiger charge is -2.06. The number of thioether (sulfide) groups is 1. The fourth-order valence-corrected chi connectivity index (χ4v) is 2.55. The van der Waals surface area contributed by atoms with Gasteiger partial charge in [0.05, 0.1) is 16.8 Å². The molecule has 0 atom stereocenters. The maximum Gasteiger partial charge on any atom is 0.230 e. The molecule has 0 bridgehead atoms. The molecule has 3 rings (SSSR count). The van der Waals surface area contributed by atoms with Crippen molar-refractivity contribution in [2.45, 2.75) is 6.54 Å². The van der Waals surface area contributed by atoms with E-state index in [0.717, 1.165) is 22.4 Å². The average Bonchev–Trinajstić information content (AvgIpc) is 2.98. The normalized spacial score (nSPS) is 10.8. The third kappa shape index (κ3) is 3.12. The minimum Gasteiger partial charge on any atom is -0.351 e. The number of benzene rings is 1. The molecule has 22 heavy (non-hydrogen) atoms. The lowest BCUT2D eigenvalue weighted by molar-refractivity contribution is -0.118. The fourth-order valence-electron chi connectivity index (χ4n) is 2.19. The lowest BCUT2D eigenvalue weighted by Crippen LogP contribution is -2.24. The van der Waals surface area contributed by atoms with E-state index in [1.54, 1.807) is 12.5 Å². The van der Waals surface area contributed by atoms with Crippen LogP contribution in [0.25, 0.3) is 16.9 Å². The van der Waals surface area contributed by atoms with E-state index in [-0.39, 0.29) is 5.91 Å². The highest BCUT2D eigenvalue weighted by Crippen LogP contribution is 2.16. The number of carbonyl (C=O) groups is 1. The van der Waals surface area contributed by atoms with Crippen LogP contribution in [-0.4, -0.2) is 32.5 Å². The number of rotatable bonds is 5. The van der Waals surface area contributed by atoms with Crippen molar-refractivity contribution in [2.75, 3.05) is 12.0 Å². The summed E-state index contributed by atoms with van der Waals surface area (Å²) >= 11 is 1.51. The van der Waals surface area contributed by atoms with Gasteiger partial charge in [0.15, 0.2) is 0 Å². The number of nitrogens with zero attached hydrogens (tertiary/aromatic N) is 3. The molecule has 0 aliphatic heterocycles. The Bertz CT molecular complexity index is 782. The molecule has 0 unspecified atom stereocenters. The predicted molar refractivity (Wildman–Crippen MR) is 89.1 cm³/mol. The third-order valence-corrected chi connectivity index (χ3v) is 3.83. The van der Waals surface area contributed by atoms with E-state index in [0.29, 0.717) is 12.3 Å². The van der Waals surface area contributed by atoms with Gasteiger partial charge in [-0.3, -0.25) is 9.36 Å². The largest absolute Gasteiger partial charge is 0.351 e. The highest BCUT2D eigenvalue weighted by molar-refractivity contribution is 7.99. The molecule has 0 radical (unpaired) electrons. The van der Waals surface area contributed by atoms with Crippen LogP contribution in [0.15, 0.2) is 48.9 Å². The van der Waals surface area contributed by atoms with Crippen LogP contribution >= 0.6 is 11.8 Å². The summed E-state index contributed by atoms with van der Waals surface area (Å²) in [6.07, 6.45) is 5.46. The molecule has 112 valence electrons. The number of imidazole rings is 1. The van der Waals surface area contributed by atoms with Gasteiger partial charge in [-0.05, 0) is 30.0 Å². The number of amides is 1. The van der Waals surface area contributed by atoms with Crippen molar-refractivity contribution >= 4 is 28.7 Å². The average molecular weight is 312 g/mol. The standard InChI is InChI=1S/C16H16N4OS/c1-22-10-16(21)18-9-12-6-7-15(17-8-12)20-11-19-13-4-2-3-5-14(13)20/h2-8,11H,9-10H2,1H3,(H,18,21). The van der Waals surface area contributed by atoms with E-state index >= 15 is 0 Å². The van der Waals surface area contributed by atoms with Gasteiger partial charge < -0.3 is 5.32 Å². The Morgan fingerprint density at radius 1 is 1.23 bits per heavy atom. The zero-order valence-electron chi connectivity index (χ0n) is 12.2. The minimum absolute atomic E-state index is 0.0391. The SMILES string of the molecule is CSCC(=O)NCc1ccc(-n2cnc3ccccc32)nc1. The van der Waals surface area contributed by atoms with Crippen molar-refractivity contribution < 1.29 is 4.79 Å². The molecule has 2 heterocycles. The molecular weight excluding hydrogens is 296 g/mol. The summed E-state index contributed by atoms with van der Waals surface area (Å²) in [4.78, 5) is 20.3. The Morgan fingerprint density at radius 2 is 2.09 bits per heavy atom. The summed E-state index contributed by atoms with van der Waals surface area (Å²) in [5.74, 6) is 1.33. The van der Waals surface area contributed by atoms with Crippen molar-refractivity contribution in [3.63, 3.8) is 0 Å². The molecule has 0 saturated heterocycles. The van der Waals surface area contributed by atoms with Crippen LogP contribution in [-0.2, 0) is 11.3 Å². The summed E-state index contributed by atoms with van der Waals surface area (Å²) in [6.45, 7) is 0.497. The monoisotopic (exact) mass is 312 g/mol. The second-order valence-electron chi connectivity index (χ2n) is 4.84. The molecule has 5 nitrogen and oxygen atoms in total. The molecule has 1 amide bonds. The van der Waals surface area contributed by atoms with Gasteiger partial charge in [0, 0.05) is 12.7 Å². The van der Waals surface area contributed by atoms with Crippen molar-refractivity contribution in [3.8, 4) is 5.82 Å². The highest BCUT2D eigenvalue weighted by atomic mass is 32.2. The fraction of sp³-hybridized carbons (Fsp3) is 0.188. The number of hydrogen-bond acceptors (Lipinski definition) is 4. The topological polar surface area (TPSA) is 59.8 Å². The summed E-state index contributed by atoms with van der Waals surface area (Å²) in [7, 11) is 0. The maximum absolute atomic E-state index is 11.5. The molecule has 0 saturated carbocycles. The number of fused-ring (bicyclic) bond motifs is 1. The van der Waals surface area contributed by atoms with Crippen molar-refractivity contribution in [2.24, 2.45) is 0 Å². The molecular formula is C16H16N4OS. The van der Waals surface area contributed by atoms with Gasteiger partial charge in [0.2, 0.25) is 5.91 Å². The highest BCUT2D eigenvalue weighted by Gasteiger charge is 2.05. The van der Waals surface area contributed by atoms with Crippen LogP contribution in [0.2, 0.25) is 0 Å². The Morgan fingerprint density at radius 3 is 2.86 bits per heavy atom. The van der Waals surface area contributed by atoms with Crippen LogP contribution in [0, 0.1) is 0 Å². The molecule has 0 spiro atoms. The van der Waals surface area contributed by atoms with Crippen molar-refractivity contribution in [1.29, 1.82) is 0 Å². The number of carbonyl (C=O) groups excluding carboxylic acids is 1. The first kappa shape index (κ1) is 14.6.